The van der Waals surface area contributed by atoms with E-state index in [1.807, 2.05) is 6.07 Å². The summed E-state index contributed by atoms with van der Waals surface area (Å²) in [5.74, 6) is 1.57. The first-order chi connectivity index (χ1) is 11.8. The molecule has 2 aromatic heterocycles. The van der Waals surface area contributed by atoms with Gasteiger partial charge in [-0.3, -0.25) is 0 Å². The van der Waals surface area contributed by atoms with Gasteiger partial charge in [0.15, 0.2) is 17.7 Å². The zero-order valence-corrected chi connectivity index (χ0v) is 13.0. The van der Waals surface area contributed by atoms with Crippen LogP contribution in [0, 0.1) is 0 Å². The molecule has 0 atom stereocenters. The summed E-state index contributed by atoms with van der Waals surface area (Å²) in [5, 5.41) is 3.53. The highest BCUT2D eigenvalue weighted by molar-refractivity contribution is 6.19. The maximum absolute atomic E-state index is 5.56. The fourth-order valence-electron chi connectivity index (χ4n) is 3.94. The second-order valence-corrected chi connectivity index (χ2v) is 6.29. The summed E-state index contributed by atoms with van der Waals surface area (Å²) < 4.78 is 13.3. The summed E-state index contributed by atoms with van der Waals surface area (Å²) in [7, 11) is 2.09. The van der Waals surface area contributed by atoms with Gasteiger partial charge in [0, 0.05) is 28.5 Å². The van der Waals surface area contributed by atoms with Crippen molar-refractivity contribution in [2.45, 2.75) is 0 Å². The van der Waals surface area contributed by atoms with Gasteiger partial charge in [-0.2, -0.15) is 0 Å². The third-order valence-corrected chi connectivity index (χ3v) is 5.01. The van der Waals surface area contributed by atoms with E-state index >= 15 is 0 Å². The Morgan fingerprint density at radius 3 is 2.62 bits per heavy atom. The SMILES string of the molecule is C[n+]1ccc2c3c(nc4cc5c(cc42)OCO5)-c2ccccc2-c31. The smallest absolute Gasteiger partial charge is 0.231 e. The minimum absolute atomic E-state index is 0.277. The van der Waals surface area contributed by atoms with Crippen LogP contribution in [0.5, 0.6) is 11.5 Å². The Balaban J connectivity index is 1.87. The summed E-state index contributed by atoms with van der Waals surface area (Å²) in [4.78, 5) is 4.98. The first kappa shape index (κ1) is 12.3. The van der Waals surface area contributed by atoms with Gasteiger partial charge >= 0.3 is 0 Å². The maximum Gasteiger partial charge on any atom is 0.231 e. The van der Waals surface area contributed by atoms with E-state index in [0.717, 1.165) is 28.1 Å². The second kappa shape index (κ2) is 4.03. The standard InChI is InChI=1S/C20H13N2O2/c1-22-7-6-11-14-8-16-17(24-10-23-16)9-15(14)21-19-12-4-2-3-5-13(12)20(22)18(11)19/h2-9H,10H2,1H3/q+1. The number of fused-ring (bicyclic) bond motifs is 6. The number of aryl methyl sites for hydroxylation is 1. The van der Waals surface area contributed by atoms with E-state index in [1.165, 1.54) is 27.6 Å². The molecule has 0 spiro atoms. The van der Waals surface area contributed by atoms with Crippen LogP contribution in [0.2, 0.25) is 0 Å². The summed E-state index contributed by atoms with van der Waals surface area (Å²) in [5.41, 5.74) is 5.66. The van der Waals surface area contributed by atoms with Gasteiger partial charge in [0.25, 0.3) is 0 Å². The lowest BCUT2D eigenvalue weighted by Gasteiger charge is -2.07. The summed E-state index contributed by atoms with van der Waals surface area (Å²) in [6.45, 7) is 0.277. The minimum Gasteiger partial charge on any atom is -0.454 e. The molecular weight excluding hydrogens is 300 g/mol. The van der Waals surface area contributed by atoms with Crippen molar-refractivity contribution in [3.63, 3.8) is 0 Å². The van der Waals surface area contributed by atoms with Crippen LogP contribution in [0.25, 0.3) is 44.2 Å². The molecule has 4 nitrogen and oxygen atoms in total. The molecule has 2 aromatic carbocycles. The van der Waals surface area contributed by atoms with Crippen molar-refractivity contribution >= 4 is 21.7 Å². The van der Waals surface area contributed by atoms with Gasteiger partial charge in [0.1, 0.15) is 7.05 Å². The first-order valence-corrected chi connectivity index (χ1v) is 7.97. The van der Waals surface area contributed by atoms with Gasteiger partial charge in [-0.05, 0) is 12.1 Å². The highest BCUT2D eigenvalue weighted by Crippen LogP contribution is 2.47. The Labute approximate surface area is 137 Å². The average molecular weight is 313 g/mol. The van der Waals surface area contributed by atoms with Crippen LogP contribution in [-0.2, 0) is 7.05 Å². The lowest BCUT2D eigenvalue weighted by atomic mass is 10.0. The maximum atomic E-state index is 5.56. The van der Waals surface area contributed by atoms with Crippen LogP contribution in [0.1, 0.15) is 0 Å². The third-order valence-electron chi connectivity index (χ3n) is 5.01. The normalized spacial score (nSPS) is 13.7. The van der Waals surface area contributed by atoms with Crippen LogP contribution in [0.15, 0.2) is 48.7 Å². The molecule has 0 amide bonds. The van der Waals surface area contributed by atoms with Gasteiger partial charge < -0.3 is 9.47 Å². The molecule has 24 heavy (non-hydrogen) atoms. The summed E-state index contributed by atoms with van der Waals surface area (Å²) in [6.07, 6.45) is 2.12. The number of benzene rings is 2. The molecule has 3 heterocycles. The van der Waals surface area contributed by atoms with Crippen LogP contribution in [0.3, 0.4) is 0 Å². The number of hydrogen-bond donors (Lipinski definition) is 0. The van der Waals surface area contributed by atoms with Gasteiger partial charge in [0.05, 0.1) is 22.2 Å². The Bertz CT molecular complexity index is 1200. The van der Waals surface area contributed by atoms with E-state index in [4.69, 9.17) is 14.5 Å². The molecule has 1 aliphatic carbocycles. The van der Waals surface area contributed by atoms with E-state index in [9.17, 15) is 0 Å². The van der Waals surface area contributed by atoms with Gasteiger partial charge in [-0.15, -0.1) is 0 Å². The van der Waals surface area contributed by atoms with Crippen molar-refractivity contribution < 1.29 is 14.0 Å². The first-order valence-electron chi connectivity index (χ1n) is 7.97. The fraction of sp³-hybridized carbons (Fsp3) is 0.100. The number of ether oxygens (including phenoxy) is 2. The Kier molecular flexibility index (Phi) is 2.07. The molecule has 4 aromatic rings. The number of nitrogens with zero attached hydrogens (tertiary/aromatic N) is 2. The predicted molar refractivity (Wildman–Crippen MR) is 91.0 cm³/mol. The molecule has 6 rings (SSSR count). The third kappa shape index (κ3) is 1.35. The molecule has 114 valence electrons. The Morgan fingerprint density at radius 1 is 0.958 bits per heavy atom. The predicted octanol–water partition coefficient (Wildman–Crippen LogP) is 3.59. The van der Waals surface area contributed by atoms with Crippen molar-refractivity contribution in [3.05, 3.63) is 48.7 Å². The lowest BCUT2D eigenvalue weighted by molar-refractivity contribution is -0.659. The zero-order chi connectivity index (χ0) is 15.8. The number of rotatable bonds is 0. The zero-order valence-electron chi connectivity index (χ0n) is 13.0. The van der Waals surface area contributed by atoms with Gasteiger partial charge in [-0.25, -0.2) is 9.55 Å². The van der Waals surface area contributed by atoms with Crippen LogP contribution >= 0.6 is 0 Å². The molecule has 0 saturated carbocycles. The molecule has 1 aliphatic heterocycles. The van der Waals surface area contributed by atoms with Crippen molar-refractivity contribution in [1.29, 1.82) is 0 Å². The Morgan fingerprint density at radius 2 is 1.75 bits per heavy atom. The Hall–Kier alpha value is -3.14. The van der Waals surface area contributed by atoms with E-state index in [-0.39, 0.29) is 6.79 Å². The summed E-state index contributed by atoms with van der Waals surface area (Å²) in [6, 6.07) is 14.7. The average Bonchev–Trinajstić information content (AvgIpc) is 3.19. The largest absolute Gasteiger partial charge is 0.454 e. The molecule has 0 unspecified atom stereocenters. The second-order valence-electron chi connectivity index (χ2n) is 6.29. The monoisotopic (exact) mass is 313 g/mol. The van der Waals surface area contributed by atoms with Crippen molar-refractivity contribution in [2.24, 2.45) is 7.05 Å². The van der Waals surface area contributed by atoms with Gasteiger partial charge in [0.2, 0.25) is 12.5 Å². The van der Waals surface area contributed by atoms with E-state index in [1.54, 1.807) is 0 Å². The van der Waals surface area contributed by atoms with Crippen molar-refractivity contribution in [2.75, 3.05) is 6.79 Å². The number of pyridine rings is 2. The molecule has 0 bridgehead atoms. The van der Waals surface area contributed by atoms with E-state index in [0.29, 0.717) is 0 Å². The molecule has 0 N–H and O–H groups in total. The number of aromatic nitrogens is 2. The molecule has 0 saturated heterocycles. The lowest BCUT2D eigenvalue weighted by Crippen LogP contribution is -2.29. The molecule has 0 radical (unpaired) electrons. The quantitative estimate of drug-likeness (QED) is 0.324. The van der Waals surface area contributed by atoms with E-state index in [2.05, 4.69) is 54.2 Å². The van der Waals surface area contributed by atoms with Crippen LogP contribution in [0.4, 0.5) is 0 Å². The highest BCUT2D eigenvalue weighted by atomic mass is 16.7. The topological polar surface area (TPSA) is 35.2 Å². The molecule has 4 heteroatoms. The van der Waals surface area contributed by atoms with Crippen LogP contribution < -0.4 is 14.0 Å². The minimum atomic E-state index is 0.277. The summed E-state index contributed by atoms with van der Waals surface area (Å²) >= 11 is 0. The molecule has 2 aliphatic rings. The van der Waals surface area contributed by atoms with Crippen molar-refractivity contribution in [1.82, 2.24) is 4.98 Å². The fourth-order valence-corrected chi connectivity index (χ4v) is 3.94. The number of hydrogen-bond acceptors (Lipinski definition) is 3. The molecular formula is C20H13N2O2+. The highest BCUT2D eigenvalue weighted by Gasteiger charge is 2.31. The van der Waals surface area contributed by atoms with Crippen molar-refractivity contribution in [3.8, 4) is 34.0 Å². The van der Waals surface area contributed by atoms with Gasteiger partial charge in [-0.1, -0.05) is 18.2 Å². The van der Waals surface area contributed by atoms with E-state index < -0.39 is 0 Å². The molecule has 0 fully saturated rings. The van der Waals surface area contributed by atoms with Crippen LogP contribution in [-0.4, -0.2) is 11.8 Å².